The maximum atomic E-state index is 5.82. The highest BCUT2D eigenvalue weighted by Gasteiger charge is 2.15. The molecule has 0 aliphatic carbocycles. The number of benzene rings is 1. The van der Waals surface area contributed by atoms with Gasteiger partial charge in [-0.2, -0.15) is 0 Å². The van der Waals surface area contributed by atoms with Crippen LogP contribution >= 0.6 is 0 Å². The van der Waals surface area contributed by atoms with Crippen molar-refractivity contribution in [3.8, 4) is 0 Å². The van der Waals surface area contributed by atoms with Gasteiger partial charge in [-0.25, -0.2) is 0 Å². The molecule has 15 heavy (non-hydrogen) atoms. The lowest BCUT2D eigenvalue weighted by Gasteiger charge is -2.25. The predicted octanol–water partition coefficient (Wildman–Crippen LogP) is 4.59. The zero-order chi connectivity index (χ0) is 11.9. The first-order valence-electron chi connectivity index (χ1n) is 5.72. The van der Waals surface area contributed by atoms with Crippen LogP contribution in [-0.4, -0.2) is 5.60 Å². The maximum Gasteiger partial charge on any atom is 0.0803 e. The van der Waals surface area contributed by atoms with Gasteiger partial charge in [0.05, 0.1) is 11.7 Å². The van der Waals surface area contributed by atoms with E-state index >= 15 is 0 Å². The summed E-state index contributed by atoms with van der Waals surface area (Å²) in [7, 11) is 0. The highest BCUT2D eigenvalue weighted by Crippen LogP contribution is 2.22. The van der Waals surface area contributed by atoms with Crippen LogP contribution in [0.25, 0.3) is 0 Å². The minimum atomic E-state index is -0.0741. The molecule has 0 aliphatic heterocycles. The van der Waals surface area contributed by atoms with Crippen molar-refractivity contribution in [1.29, 1.82) is 0 Å². The summed E-state index contributed by atoms with van der Waals surface area (Å²) in [6.45, 7) is 12.3. The van der Waals surface area contributed by atoms with Crippen molar-refractivity contribution in [3.05, 3.63) is 35.9 Å². The fourth-order valence-electron chi connectivity index (χ4n) is 1.32. The summed E-state index contributed by atoms with van der Waals surface area (Å²) in [5.41, 5.74) is 1.16. The van der Waals surface area contributed by atoms with E-state index in [-0.39, 0.29) is 11.7 Å². The standard InChI is InChI=1S/C12H18O.C2H6/c1-10(13-12(2,3)4)11-8-6-5-7-9-11;1-2/h5-10H,1-4H3;1-2H3. The van der Waals surface area contributed by atoms with Gasteiger partial charge in [0.25, 0.3) is 0 Å². The Hall–Kier alpha value is -0.820. The molecule has 0 spiro atoms. The molecule has 0 saturated carbocycles. The van der Waals surface area contributed by atoms with E-state index in [2.05, 4.69) is 39.8 Å². The zero-order valence-electron chi connectivity index (χ0n) is 10.9. The largest absolute Gasteiger partial charge is 0.368 e. The molecule has 1 aromatic rings. The topological polar surface area (TPSA) is 9.23 Å². The maximum absolute atomic E-state index is 5.82. The van der Waals surface area contributed by atoms with Gasteiger partial charge in [0.1, 0.15) is 0 Å². The van der Waals surface area contributed by atoms with Gasteiger partial charge in [-0.1, -0.05) is 44.2 Å². The Balaban J connectivity index is 0.000000921. The molecule has 86 valence electrons. The molecule has 0 heterocycles. The fourth-order valence-corrected chi connectivity index (χ4v) is 1.32. The minimum absolute atomic E-state index is 0.0741. The van der Waals surface area contributed by atoms with Gasteiger partial charge in [-0.05, 0) is 33.3 Å². The summed E-state index contributed by atoms with van der Waals surface area (Å²) in [5.74, 6) is 0. The lowest BCUT2D eigenvalue weighted by Crippen LogP contribution is -2.21. The lowest BCUT2D eigenvalue weighted by molar-refractivity contribution is -0.0529. The van der Waals surface area contributed by atoms with Crippen LogP contribution in [0.15, 0.2) is 30.3 Å². The van der Waals surface area contributed by atoms with Crippen molar-refractivity contribution in [2.75, 3.05) is 0 Å². The van der Waals surface area contributed by atoms with Crippen molar-refractivity contribution in [2.24, 2.45) is 0 Å². The summed E-state index contributed by atoms with van der Waals surface area (Å²) < 4.78 is 5.82. The van der Waals surface area contributed by atoms with Crippen LogP contribution in [0.4, 0.5) is 0 Å². The molecule has 0 fully saturated rings. The summed E-state index contributed by atoms with van der Waals surface area (Å²) in [5, 5.41) is 0. The van der Waals surface area contributed by atoms with E-state index in [4.69, 9.17) is 4.74 Å². The molecule has 1 unspecified atom stereocenters. The van der Waals surface area contributed by atoms with E-state index in [0.717, 1.165) is 0 Å². The van der Waals surface area contributed by atoms with Gasteiger partial charge >= 0.3 is 0 Å². The van der Waals surface area contributed by atoms with E-state index in [9.17, 15) is 0 Å². The van der Waals surface area contributed by atoms with Crippen LogP contribution in [0.5, 0.6) is 0 Å². The summed E-state index contributed by atoms with van der Waals surface area (Å²) in [4.78, 5) is 0. The second-order valence-electron chi connectivity index (χ2n) is 4.28. The van der Waals surface area contributed by atoms with E-state index in [1.54, 1.807) is 0 Å². The molecular weight excluding hydrogens is 184 g/mol. The summed E-state index contributed by atoms with van der Waals surface area (Å²) >= 11 is 0. The van der Waals surface area contributed by atoms with Crippen LogP contribution in [0.1, 0.15) is 53.2 Å². The predicted molar refractivity (Wildman–Crippen MR) is 67.0 cm³/mol. The average molecular weight is 208 g/mol. The third-order valence-corrected chi connectivity index (χ3v) is 1.80. The van der Waals surface area contributed by atoms with Crippen LogP contribution < -0.4 is 0 Å². The zero-order valence-corrected chi connectivity index (χ0v) is 10.9. The van der Waals surface area contributed by atoms with Crippen LogP contribution in [0.3, 0.4) is 0 Å². The van der Waals surface area contributed by atoms with Gasteiger partial charge < -0.3 is 4.74 Å². The SMILES string of the molecule is CC.CC(OC(C)(C)C)c1ccccc1. The van der Waals surface area contributed by atoms with Crippen LogP contribution in [0.2, 0.25) is 0 Å². The Morgan fingerprint density at radius 3 is 1.87 bits per heavy atom. The molecule has 0 saturated heterocycles. The normalized spacial score (nSPS) is 12.7. The molecule has 1 rings (SSSR count). The number of rotatable bonds is 2. The monoisotopic (exact) mass is 208 g/mol. The third-order valence-electron chi connectivity index (χ3n) is 1.80. The first-order valence-corrected chi connectivity index (χ1v) is 5.72. The van der Waals surface area contributed by atoms with E-state index < -0.39 is 0 Å². The molecule has 0 aromatic heterocycles. The first-order chi connectivity index (χ1) is 6.99. The lowest BCUT2D eigenvalue weighted by atomic mass is 10.1. The van der Waals surface area contributed by atoms with Crippen molar-refractivity contribution >= 4 is 0 Å². The molecule has 0 radical (unpaired) electrons. The Morgan fingerprint density at radius 1 is 1.00 bits per heavy atom. The molecule has 1 atom stereocenters. The van der Waals surface area contributed by atoms with E-state index in [1.807, 2.05) is 32.0 Å². The van der Waals surface area contributed by atoms with Gasteiger partial charge in [0, 0.05) is 0 Å². The van der Waals surface area contributed by atoms with Gasteiger partial charge in [-0.15, -0.1) is 0 Å². The highest BCUT2D eigenvalue weighted by atomic mass is 16.5. The first kappa shape index (κ1) is 14.2. The Kier molecular flexibility index (Phi) is 6.26. The van der Waals surface area contributed by atoms with Gasteiger partial charge in [-0.3, -0.25) is 0 Å². The average Bonchev–Trinajstić information content (AvgIpc) is 2.20. The van der Waals surface area contributed by atoms with Crippen molar-refractivity contribution in [2.45, 2.75) is 53.2 Å². The molecule has 1 heteroatoms. The second-order valence-corrected chi connectivity index (χ2v) is 4.28. The van der Waals surface area contributed by atoms with E-state index in [0.29, 0.717) is 0 Å². The van der Waals surface area contributed by atoms with E-state index in [1.165, 1.54) is 5.56 Å². The third kappa shape index (κ3) is 6.29. The molecule has 1 nitrogen and oxygen atoms in total. The molecule has 0 bridgehead atoms. The molecule has 0 amide bonds. The van der Waals surface area contributed by atoms with Gasteiger partial charge in [0.15, 0.2) is 0 Å². The smallest absolute Gasteiger partial charge is 0.0803 e. The fraction of sp³-hybridized carbons (Fsp3) is 0.571. The summed E-state index contributed by atoms with van der Waals surface area (Å²) in [6.07, 6.45) is 0.168. The minimum Gasteiger partial charge on any atom is -0.368 e. The quantitative estimate of drug-likeness (QED) is 0.690. The molecular formula is C14H24O. The molecule has 0 N–H and O–H groups in total. The van der Waals surface area contributed by atoms with Crippen molar-refractivity contribution in [3.63, 3.8) is 0 Å². The van der Waals surface area contributed by atoms with Crippen LogP contribution in [-0.2, 0) is 4.74 Å². The van der Waals surface area contributed by atoms with Crippen molar-refractivity contribution < 1.29 is 4.74 Å². The van der Waals surface area contributed by atoms with Crippen molar-refractivity contribution in [1.82, 2.24) is 0 Å². The number of hydrogen-bond acceptors (Lipinski definition) is 1. The Bertz CT molecular complexity index is 246. The number of hydrogen-bond donors (Lipinski definition) is 0. The highest BCUT2D eigenvalue weighted by molar-refractivity contribution is 5.16. The summed E-state index contributed by atoms with van der Waals surface area (Å²) in [6, 6.07) is 10.3. The molecule has 0 aliphatic rings. The Labute approximate surface area is 94.5 Å². The van der Waals surface area contributed by atoms with Crippen LogP contribution in [0, 0.1) is 0 Å². The Morgan fingerprint density at radius 2 is 1.47 bits per heavy atom. The van der Waals surface area contributed by atoms with Gasteiger partial charge in [0.2, 0.25) is 0 Å². The second kappa shape index (κ2) is 6.62. The number of ether oxygens (including phenoxy) is 1. The molecule has 1 aromatic carbocycles.